The van der Waals surface area contributed by atoms with Crippen molar-refractivity contribution >= 4 is 0 Å². The Hall–Kier alpha value is -2.98. The molecule has 1 N–H and O–H groups in total. The van der Waals surface area contributed by atoms with Crippen molar-refractivity contribution in [2.75, 3.05) is 20.8 Å². The lowest BCUT2D eigenvalue weighted by Crippen LogP contribution is -2.31. The topological polar surface area (TPSA) is 39.7 Å². The summed E-state index contributed by atoms with van der Waals surface area (Å²) in [5.41, 5.74) is 3.59. The molecule has 1 aliphatic rings. The first-order valence-electron chi connectivity index (χ1n) is 9.10. The van der Waals surface area contributed by atoms with E-state index in [1.165, 1.54) is 11.1 Å². The summed E-state index contributed by atoms with van der Waals surface area (Å²) < 4.78 is 17.1. The highest BCUT2D eigenvalue weighted by Crippen LogP contribution is 2.40. The van der Waals surface area contributed by atoms with Crippen LogP contribution in [0.1, 0.15) is 22.7 Å². The van der Waals surface area contributed by atoms with Gasteiger partial charge in [-0.3, -0.25) is 0 Å². The first-order chi connectivity index (χ1) is 13.3. The molecule has 0 saturated carbocycles. The Balaban J connectivity index is 1.68. The van der Waals surface area contributed by atoms with E-state index in [2.05, 4.69) is 23.5 Å². The Labute approximate surface area is 159 Å². The van der Waals surface area contributed by atoms with Crippen molar-refractivity contribution in [3.8, 4) is 23.0 Å². The van der Waals surface area contributed by atoms with E-state index in [1.54, 1.807) is 14.2 Å². The molecule has 1 unspecified atom stereocenters. The third-order valence-electron chi connectivity index (χ3n) is 4.89. The minimum Gasteiger partial charge on any atom is -0.493 e. The molecule has 0 amide bonds. The van der Waals surface area contributed by atoms with Crippen molar-refractivity contribution in [3.05, 3.63) is 83.4 Å². The van der Waals surface area contributed by atoms with Crippen LogP contribution in [0.3, 0.4) is 0 Å². The minimum atomic E-state index is 0.0906. The van der Waals surface area contributed by atoms with Gasteiger partial charge in [-0.15, -0.1) is 0 Å². The first kappa shape index (κ1) is 17.4. The number of ether oxygens (including phenoxy) is 3. The summed E-state index contributed by atoms with van der Waals surface area (Å²) in [6.07, 6.45) is 0.909. The van der Waals surface area contributed by atoms with Crippen molar-refractivity contribution in [1.82, 2.24) is 5.32 Å². The predicted octanol–water partition coefficient (Wildman–Crippen LogP) is 4.73. The molecular weight excluding hydrogens is 338 g/mol. The molecule has 0 saturated heterocycles. The lowest BCUT2D eigenvalue weighted by atomic mass is 9.89. The molecule has 1 aliphatic heterocycles. The normalized spacial score (nSPS) is 15.7. The van der Waals surface area contributed by atoms with Gasteiger partial charge in [-0.05, 0) is 47.9 Å². The second kappa shape index (κ2) is 7.72. The van der Waals surface area contributed by atoms with E-state index >= 15 is 0 Å². The van der Waals surface area contributed by atoms with Gasteiger partial charge in [-0.25, -0.2) is 0 Å². The summed E-state index contributed by atoms with van der Waals surface area (Å²) in [5, 5.41) is 3.62. The fraction of sp³-hybridized carbons (Fsp3) is 0.217. The molecule has 3 aromatic rings. The van der Waals surface area contributed by atoms with Crippen LogP contribution in [0.2, 0.25) is 0 Å². The first-order valence-corrected chi connectivity index (χ1v) is 9.10. The molecule has 0 fully saturated rings. The van der Waals surface area contributed by atoms with Crippen LogP contribution in [-0.4, -0.2) is 20.8 Å². The van der Waals surface area contributed by atoms with Gasteiger partial charge in [0, 0.05) is 12.1 Å². The molecule has 4 heteroatoms. The Morgan fingerprint density at radius 3 is 2.44 bits per heavy atom. The number of rotatable bonds is 5. The van der Waals surface area contributed by atoms with Gasteiger partial charge >= 0.3 is 0 Å². The summed E-state index contributed by atoms with van der Waals surface area (Å²) >= 11 is 0. The fourth-order valence-corrected chi connectivity index (χ4v) is 3.67. The van der Waals surface area contributed by atoms with Crippen molar-refractivity contribution < 1.29 is 14.2 Å². The third-order valence-corrected chi connectivity index (χ3v) is 4.89. The van der Waals surface area contributed by atoms with Crippen molar-refractivity contribution in [2.24, 2.45) is 0 Å². The number of hydrogen-bond donors (Lipinski definition) is 1. The molecule has 1 atom stereocenters. The van der Waals surface area contributed by atoms with Gasteiger partial charge in [0.25, 0.3) is 0 Å². The Bertz CT molecular complexity index is 924. The number of nitrogens with one attached hydrogen (secondary N) is 1. The number of para-hydroxylation sites is 1. The Kier molecular flexibility index (Phi) is 4.99. The molecule has 138 valence electrons. The van der Waals surface area contributed by atoms with Crippen LogP contribution in [0.5, 0.6) is 23.0 Å². The highest BCUT2D eigenvalue weighted by Gasteiger charge is 2.26. The zero-order valence-corrected chi connectivity index (χ0v) is 15.6. The second-order valence-electron chi connectivity index (χ2n) is 6.49. The molecule has 1 heterocycles. The molecule has 0 bridgehead atoms. The van der Waals surface area contributed by atoms with Gasteiger partial charge in [-0.2, -0.15) is 0 Å². The molecule has 0 radical (unpaired) electrons. The van der Waals surface area contributed by atoms with Crippen molar-refractivity contribution in [3.63, 3.8) is 0 Å². The summed E-state index contributed by atoms with van der Waals surface area (Å²) in [7, 11) is 3.37. The van der Waals surface area contributed by atoms with Crippen molar-refractivity contribution in [1.29, 1.82) is 0 Å². The summed E-state index contributed by atoms with van der Waals surface area (Å²) in [4.78, 5) is 0. The van der Waals surface area contributed by atoms with E-state index in [0.717, 1.165) is 41.5 Å². The molecule has 0 aromatic heterocycles. The minimum absolute atomic E-state index is 0.0906. The zero-order valence-electron chi connectivity index (χ0n) is 15.6. The lowest BCUT2D eigenvalue weighted by Gasteiger charge is -2.29. The largest absolute Gasteiger partial charge is 0.493 e. The maximum atomic E-state index is 6.01. The van der Waals surface area contributed by atoms with Gasteiger partial charge in [0.1, 0.15) is 11.5 Å². The highest BCUT2D eigenvalue weighted by molar-refractivity contribution is 5.55. The molecule has 4 nitrogen and oxygen atoms in total. The monoisotopic (exact) mass is 361 g/mol. The van der Waals surface area contributed by atoms with E-state index in [0.29, 0.717) is 0 Å². The van der Waals surface area contributed by atoms with E-state index < -0.39 is 0 Å². The van der Waals surface area contributed by atoms with Crippen LogP contribution in [0, 0.1) is 0 Å². The van der Waals surface area contributed by atoms with Gasteiger partial charge in [-0.1, -0.05) is 36.4 Å². The second-order valence-corrected chi connectivity index (χ2v) is 6.49. The molecule has 27 heavy (non-hydrogen) atoms. The molecule has 0 spiro atoms. The maximum absolute atomic E-state index is 6.01. The Morgan fingerprint density at radius 2 is 1.67 bits per heavy atom. The van der Waals surface area contributed by atoms with Gasteiger partial charge < -0.3 is 19.5 Å². The standard InChI is InChI=1S/C23H23NO3/c1-25-21-12-11-19-20(23(21)26-2)13-14-24-22(19)16-7-6-10-18(15-16)27-17-8-4-3-5-9-17/h3-12,15,22,24H,13-14H2,1-2H3. The van der Waals surface area contributed by atoms with Gasteiger partial charge in [0.05, 0.1) is 20.3 Å². The van der Waals surface area contributed by atoms with E-state index in [4.69, 9.17) is 14.2 Å². The summed E-state index contributed by atoms with van der Waals surface area (Å²) in [5.74, 6) is 3.27. The summed E-state index contributed by atoms with van der Waals surface area (Å²) in [6.45, 7) is 0.880. The van der Waals surface area contributed by atoms with Crippen LogP contribution in [0.25, 0.3) is 0 Å². The highest BCUT2D eigenvalue weighted by atomic mass is 16.5. The SMILES string of the molecule is COc1ccc2c(c1OC)CCNC2c1cccc(Oc2ccccc2)c1. The third kappa shape index (κ3) is 3.49. The lowest BCUT2D eigenvalue weighted by molar-refractivity contribution is 0.348. The van der Waals surface area contributed by atoms with Gasteiger partial charge in [0.2, 0.25) is 0 Å². The fourth-order valence-electron chi connectivity index (χ4n) is 3.67. The van der Waals surface area contributed by atoms with Crippen LogP contribution in [-0.2, 0) is 6.42 Å². The van der Waals surface area contributed by atoms with Crippen molar-refractivity contribution in [2.45, 2.75) is 12.5 Å². The molecule has 4 rings (SSSR count). The average Bonchev–Trinajstić information content (AvgIpc) is 2.73. The number of hydrogen-bond acceptors (Lipinski definition) is 4. The number of fused-ring (bicyclic) bond motifs is 1. The van der Waals surface area contributed by atoms with Gasteiger partial charge in [0.15, 0.2) is 11.5 Å². The molecule has 3 aromatic carbocycles. The number of methoxy groups -OCH3 is 2. The quantitative estimate of drug-likeness (QED) is 0.713. The predicted molar refractivity (Wildman–Crippen MR) is 106 cm³/mol. The molecule has 0 aliphatic carbocycles. The van der Waals surface area contributed by atoms with Crippen LogP contribution in [0.15, 0.2) is 66.7 Å². The van der Waals surface area contributed by atoms with E-state index in [1.807, 2.05) is 48.5 Å². The smallest absolute Gasteiger partial charge is 0.164 e. The number of benzene rings is 3. The van der Waals surface area contributed by atoms with Crippen LogP contribution < -0.4 is 19.5 Å². The van der Waals surface area contributed by atoms with E-state index in [9.17, 15) is 0 Å². The van der Waals surface area contributed by atoms with E-state index in [-0.39, 0.29) is 6.04 Å². The Morgan fingerprint density at radius 1 is 0.852 bits per heavy atom. The molecular formula is C23H23NO3. The van der Waals surface area contributed by atoms with Crippen LogP contribution in [0.4, 0.5) is 0 Å². The summed E-state index contributed by atoms with van der Waals surface area (Å²) in [6, 6.07) is 22.3. The average molecular weight is 361 g/mol. The van der Waals surface area contributed by atoms with Crippen LogP contribution >= 0.6 is 0 Å². The zero-order chi connectivity index (χ0) is 18.6. The maximum Gasteiger partial charge on any atom is 0.164 e.